The Morgan fingerprint density at radius 2 is 2.06 bits per heavy atom. The summed E-state index contributed by atoms with van der Waals surface area (Å²) in [6.45, 7) is 6.16. The smallest absolute Gasteiger partial charge is 0.123 e. The lowest BCUT2D eigenvalue weighted by Gasteiger charge is -2.11. The molecule has 3 nitrogen and oxygen atoms in total. The maximum absolute atomic E-state index is 5.77. The van der Waals surface area contributed by atoms with Crippen LogP contribution < -0.4 is 10.1 Å². The summed E-state index contributed by atoms with van der Waals surface area (Å²) in [5.41, 5.74) is 1.21. The minimum absolute atomic E-state index is 0.635. The van der Waals surface area contributed by atoms with Gasteiger partial charge in [-0.05, 0) is 31.4 Å². The minimum atomic E-state index is 0.635. The third kappa shape index (κ3) is 4.67. The number of hydrogen-bond acceptors (Lipinski definition) is 3. The van der Waals surface area contributed by atoms with Crippen LogP contribution in [0, 0.1) is 5.92 Å². The topological polar surface area (TPSA) is 30.5 Å². The van der Waals surface area contributed by atoms with Crippen LogP contribution in [0.25, 0.3) is 0 Å². The Hall–Kier alpha value is -1.06. The number of hydrogen-bond donors (Lipinski definition) is 1. The highest BCUT2D eigenvalue weighted by molar-refractivity contribution is 5.33. The van der Waals surface area contributed by atoms with Gasteiger partial charge < -0.3 is 14.8 Å². The summed E-state index contributed by atoms with van der Waals surface area (Å²) in [6.07, 6.45) is 2.68. The van der Waals surface area contributed by atoms with E-state index in [4.69, 9.17) is 9.47 Å². The molecule has 1 aliphatic carbocycles. The maximum atomic E-state index is 5.77. The van der Waals surface area contributed by atoms with Gasteiger partial charge in [0, 0.05) is 18.7 Å². The molecule has 0 heterocycles. The molecule has 0 aromatic heterocycles. The molecule has 0 bridgehead atoms. The zero-order valence-electron chi connectivity index (χ0n) is 11.2. The van der Waals surface area contributed by atoms with E-state index < -0.39 is 0 Å². The SMILES string of the molecule is CCNCc1ccccc1OCCOCC1CC1. The van der Waals surface area contributed by atoms with Crippen molar-refractivity contribution < 1.29 is 9.47 Å². The maximum Gasteiger partial charge on any atom is 0.123 e. The standard InChI is InChI=1S/C15H23NO2/c1-2-16-11-14-5-3-4-6-15(14)18-10-9-17-12-13-7-8-13/h3-6,13,16H,2,7-12H2,1H3. The normalized spacial score (nSPS) is 14.7. The van der Waals surface area contributed by atoms with Crippen LogP contribution in [0.2, 0.25) is 0 Å². The Labute approximate surface area is 109 Å². The highest BCUT2D eigenvalue weighted by Crippen LogP contribution is 2.28. The first-order chi connectivity index (χ1) is 8.90. The zero-order valence-corrected chi connectivity index (χ0v) is 11.2. The lowest BCUT2D eigenvalue weighted by Crippen LogP contribution is -2.14. The van der Waals surface area contributed by atoms with E-state index in [1.54, 1.807) is 0 Å². The van der Waals surface area contributed by atoms with Crippen molar-refractivity contribution in [3.05, 3.63) is 29.8 Å². The predicted molar refractivity (Wildman–Crippen MR) is 72.9 cm³/mol. The lowest BCUT2D eigenvalue weighted by molar-refractivity contribution is 0.0924. The summed E-state index contributed by atoms with van der Waals surface area (Å²) >= 11 is 0. The van der Waals surface area contributed by atoms with Crippen molar-refractivity contribution in [2.24, 2.45) is 5.92 Å². The summed E-state index contributed by atoms with van der Waals surface area (Å²) < 4.78 is 11.3. The molecule has 2 rings (SSSR count). The van der Waals surface area contributed by atoms with Gasteiger partial charge in [-0.3, -0.25) is 0 Å². The summed E-state index contributed by atoms with van der Waals surface area (Å²) in [4.78, 5) is 0. The second-order valence-corrected chi connectivity index (χ2v) is 4.75. The quantitative estimate of drug-likeness (QED) is 0.682. The largest absolute Gasteiger partial charge is 0.491 e. The predicted octanol–water partition coefficient (Wildman–Crippen LogP) is 2.60. The fourth-order valence-corrected chi connectivity index (χ4v) is 1.80. The highest BCUT2D eigenvalue weighted by Gasteiger charge is 2.20. The van der Waals surface area contributed by atoms with E-state index in [1.807, 2.05) is 18.2 Å². The van der Waals surface area contributed by atoms with E-state index in [2.05, 4.69) is 18.3 Å². The second kappa shape index (κ2) is 7.39. The number of nitrogens with one attached hydrogen (secondary N) is 1. The van der Waals surface area contributed by atoms with Crippen molar-refractivity contribution in [2.75, 3.05) is 26.4 Å². The number of benzene rings is 1. The van der Waals surface area contributed by atoms with E-state index in [-0.39, 0.29) is 0 Å². The highest BCUT2D eigenvalue weighted by atomic mass is 16.5. The van der Waals surface area contributed by atoms with Gasteiger partial charge in [0.25, 0.3) is 0 Å². The molecule has 1 aliphatic rings. The fourth-order valence-electron chi connectivity index (χ4n) is 1.80. The molecule has 0 aliphatic heterocycles. The Balaban J connectivity index is 1.69. The molecule has 0 unspecified atom stereocenters. The molecule has 1 saturated carbocycles. The molecule has 0 radical (unpaired) electrons. The molecule has 1 N–H and O–H groups in total. The van der Waals surface area contributed by atoms with Gasteiger partial charge >= 0.3 is 0 Å². The summed E-state index contributed by atoms with van der Waals surface area (Å²) in [7, 11) is 0. The molecular weight excluding hydrogens is 226 g/mol. The van der Waals surface area contributed by atoms with Crippen LogP contribution in [0.3, 0.4) is 0 Å². The van der Waals surface area contributed by atoms with Gasteiger partial charge in [-0.2, -0.15) is 0 Å². The molecule has 1 aromatic rings. The molecule has 0 amide bonds. The molecule has 100 valence electrons. The fraction of sp³-hybridized carbons (Fsp3) is 0.600. The van der Waals surface area contributed by atoms with E-state index in [1.165, 1.54) is 18.4 Å². The van der Waals surface area contributed by atoms with E-state index in [0.29, 0.717) is 13.2 Å². The van der Waals surface area contributed by atoms with Gasteiger partial charge in [0.2, 0.25) is 0 Å². The zero-order chi connectivity index (χ0) is 12.6. The first-order valence-corrected chi connectivity index (χ1v) is 6.89. The van der Waals surface area contributed by atoms with Gasteiger partial charge in [0.1, 0.15) is 12.4 Å². The Kier molecular flexibility index (Phi) is 5.49. The van der Waals surface area contributed by atoms with E-state index in [0.717, 1.165) is 31.4 Å². The van der Waals surface area contributed by atoms with Gasteiger partial charge in [0.15, 0.2) is 0 Å². The van der Waals surface area contributed by atoms with Gasteiger partial charge in [-0.15, -0.1) is 0 Å². The van der Waals surface area contributed by atoms with Gasteiger partial charge in [0.05, 0.1) is 6.61 Å². The van der Waals surface area contributed by atoms with Crippen LogP contribution in [-0.2, 0) is 11.3 Å². The molecule has 0 spiro atoms. The average Bonchev–Trinajstić information content (AvgIpc) is 3.21. The summed E-state index contributed by atoms with van der Waals surface area (Å²) in [6, 6.07) is 8.18. The van der Waals surface area contributed by atoms with Crippen LogP contribution in [0.1, 0.15) is 25.3 Å². The minimum Gasteiger partial charge on any atom is -0.491 e. The van der Waals surface area contributed by atoms with Crippen molar-refractivity contribution >= 4 is 0 Å². The van der Waals surface area contributed by atoms with Gasteiger partial charge in [-0.1, -0.05) is 25.1 Å². The molecule has 0 atom stereocenters. The lowest BCUT2D eigenvalue weighted by atomic mass is 10.2. The van der Waals surface area contributed by atoms with Crippen molar-refractivity contribution in [2.45, 2.75) is 26.3 Å². The Bertz CT molecular complexity index is 350. The molecule has 0 saturated heterocycles. The third-order valence-corrected chi connectivity index (χ3v) is 3.07. The Morgan fingerprint density at radius 1 is 1.22 bits per heavy atom. The van der Waals surface area contributed by atoms with Crippen molar-refractivity contribution in [1.29, 1.82) is 0 Å². The summed E-state index contributed by atoms with van der Waals surface area (Å²) in [5.74, 6) is 1.79. The average molecular weight is 249 g/mol. The molecule has 1 fully saturated rings. The van der Waals surface area contributed by atoms with Crippen LogP contribution in [0.15, 0.2) is 24.3 Å². The molecule has 1 aromatic carbocycles. The first kappa shape index (κ1) is 13.4. The van der Waals surface area contributed by atoms with Crippen molar-refractivity contribution in [3.63, 3.8) is 0 Å². The molecule has 3 heteroatoms. The first-order valence-electron chi connectivity index (χ1n) is 6.89. The summed E-state index contributed by atoms with van der Waals surface area (Å²) in [5, 5.41) is 3.32. The van der Waals surface area contributed by atoms with E-state index >= 15 is 0 Å². The van der Waals surface area contributed by atoms with Crippen LogP contribution >= 0.6 is 0 Å². The third-order valence-electron chi connectivity index (χ3n) is 3.07. The van der Waals surface area contributed by atoms with Crippen LogP contribution in [0.5, 0.6) is 5.75 Å². The van der Waals surface area contributed by atoms with Crippen molar-refractivity contribution in [3.8, 4) is 5.75 Å². The number of rotatable bonds is 9. The second-order valence-electron chi connectivity index (χ2n) is 4.75. The number of para-hydroxylation sites is 1. The van der Waals surface area contributed by atoms with E-state index in [9.17, 15) is 0 Å². The van der Waals surface area contributed by atoms with Gasteiger partial charge in [-0.25, -0.2) is 0 Å². The monoisotopic (exact) mass is 249 g/mol. The van der Waals surface area contributed by atoms with Crippen molar-refractivity contribution in [1.82, 2.24) is 5.32 Å². The molecule has 18 heavy (non-hydrogen) atoms. The van der Waals surface area contributed by atoms with Crippen LogP contribution in [-0.4, -0.2) is 26.4 Å². The Morgan fingerprint density at radius 3 is 2.83 bits per heavy atom. The number of ether oxygens (including phenoxy) is 2. The molecular formula is C15H23NO2. The van der Waals surface area contributed by atoms with Crippen LogP contribution in [0.4, 0.5) is 0 Å².